The number of nitrogens with zero attached hydrogens (tertiary/aromatic N) is 5. The SMILES string of the molecule is Cc1nc(-c2ccc3c(c2)CCN3C(=O)COC(=O)c2cnc3c(c2)c(C)nn3C)cs1. The van der Waals surface area contributed by atoms with Gasteiger partial charge in [0.2, 0.25) is 0 Å². The van der Waals surface area contributed by atoms with E-state index in [2.05, 4.69) is 21.1 Å². The van der Waals surface area contributed by atoms with Crippen LogP contribution >= 0.6 is 11.3 Å². The molecule has 0 N–H and O–H groups in total. The molecule has 162 valence electrons. The van der Waals surface area contributed by atoms with Gasteiger partial charge in [-0.25, -0.2) is 14.8 Å². The lowest BCUT2D eigenvalue weighted by atomic mass is 10.1. The van der Waals surface area contributed by atoms with Gasteiger partial charge in [-0.3, -0.25) is 9.48 Å². The molecule has 0 radical (unpaired) electrons. The standard InChI is InChI=1S/C23H21N5O3S/c1-13-18-9-17(10-24-22(18)27(3)26-13)23(30)31-11-21(29)28-7-6-16-8-15(4-5-20(16)28)19-12-32-14(2)25-19/h4-5,8-10,12H,6-7,11H2,1-3H3. The minimum Gasteiger partial charge on any atom is -0.452 e. The Morgan fingerprint density at radius 1 is 1.22 bits per heavy atom. The number of aryl methyl sites for hydroxylation is 3. The van der Waals surface area contributed by atoms with Gasteiger partial charge in [0.1, 0.15) is 0 Å². The van der Waals surface area contributed by atoms with Crippen LogP contribution in [0.1, 0.15) is 26.6 Å². The van der Waals surface area contributed by atoms with E-state index < -0.39 is 5.97 Å². The van der Waals surface area contributed by atoms with Crippen LogP contribution in [0, 0.1) is 13.8 Å². The number of thiazole rings is 1. The fraction of sp³-hybridized carbons (Fsp3) is 0.261. The topological polar surface area (TPSA) is 90.2 Å². The number of aromatic nitrogens is 4. The first-order chi connectivity index (χ1) is 15.4. The second kappa shape index (κ2) is 7.83. The van der Waals surface area contributed by atoms with Crippen molar-refractivity contribution < 1.29 is 14.3 Å². The molecule has 0 spiro atoms. The maximum absolute atomic E-state index is 12.8. The Hall–Kier alpha value is -3.59. The van der Waals surface area contributed by atoms with Gasteiger partial charge in [0.25, 0.3) is 5.91 Å². The zero-order valence-electron chi connectivity index (χ0n) is 18.0. The number of esters is 1. The first-order valence-corrected chi connectivity index (χ1v) is 11.1. The summed E-state index contributed by atoms with van der Waals surface area (Å²) < 4.78 is 6.96. The lowest BCUT2D eigenvalue weighted by Gasteiger charge is -2.17. The molecular weight excluding hydrogens is 426 g/mol. The van der Waals surface area contributed by atoms with Crippen LogP contribution < -0.4 is 4.90 Å². The number of anilines is 1. The van der Waals surface area contributed by atoms with Gasteiger partial charge in [-0.05, 0) is 44.0 Å². The number of rotatable bonds is 4. The molecule has 0 bridgehead atoms. The van der Waals surface area contributed by atoms with Crippen molar-refractivity contribution in [3.05, 3.63) is 57.7 Å². The fourth-order valence-electron chi connectivity index (χ4n) is 4.02. The van der Waals surface area contributed by atoms with E-state index in [9.17, 15) is 9.59 Å². The van der Waals surface area contributed by atoms with E-state index in [4.69, 9.17) is 4.74 Å². The molecule has 0 unspecified atom stereocenters. The quantitative estimate of drug-likeness (QED) is 0.445. The van der Waals surface area contributed by atoms with Crippen molar-refractivity contribution >= 4 is 39.9 Å². The number of pyridine rings is 1. The molecule has 1 aliphatic rings. The summed E-state index contributed by atoms with van der Waals surface area (Å²) in [6.07, 6.45) is 2.20. The Bertz CT molecular complexity index is 1370. The molecule has 1 aromatic carbocycles. The van der Waals surface area contributed by atoms with Gasteiger partial charge in [0.15, 0.2) is 12.3 Å². The zero-order valence-corrected chi connectivity index (χ0v) is 18.8. The molecule has 4 heterocycles. The van der Waals surface area contributed by atoms with Crippen molar-refractivity contribution in [1.29, 1.82) is 0 Å². The van der Waals surface area contributed by atoms with Gasteiger partial charge in [-0.2, -0.15) is 5.10 Å². The summed E-state index contributed by atoms with van der Waals surface area (Å²) in [4.78, 5) is 35.8. The van der Waals surface area contributed by atoms with Crippen LogP contribution in [0.4, 0.5) is 5.69 Å². The third kappa shape index (κ3) is 3.54. The predicted molar refractivity (Wildman–Crippen MR) is 122 cm³/mol. The summed E-state index contributed by atoms with van der Waals surface area (Å²) in [6, 6.07) is 7.70. The molecule has 0 saturated carbocycles. The molecule has 1 amide bonds. The van der Waals surface area contributed by atoms with Crippen molar-refractivity contribution in [2.45, 2.75) is 20.3 Å². The Kier molecular flexibility index (Phi) is 4.97. The molecule has 0 aliphatic carbocycles. The average Bonchev–Trinajstić information content (AvgIpc) is 3.48. The second-order valence-electron chi connectivity index (χ2n) is 7.77. The highest BCUT2D eigenvalue weighted by Gasteiger charge is 2.26. The molecule has 0 fully saturated rings. The molecule has 0 saturated heterocycles. The highest BCUT2D eigenvalue weighted by atomic mass is 32.1. The average molecular weight is 448 g/mol. The Morgan fingerprint density at radius 2 is 2.06 bits per heavy atom. The molecule has 9 heteroatoms. The van der Waals surface area contributed by atoms with Crippen LogP contribution in [0.5, 0.6) is 0 Å². The van der Waals surface area contributed by atoms with Crippen molar-refractivity contribution in [2.75, 3.05) is 18.1 Å². The lowest BCUT2D eigenvalue weighted by Crippen LogP contribution is -2.33. The number of amides is 1. The Morgan fingerprint density at radius 3 is 2.84 bits per heavy atom. The first kappa shape index (κ1) is 20.3. The summed E-state index contributed by atoms with van der Waals surface area (Å²) in [5.74, 6) is -0.828. The van der Waals surface area contributed by atoms with E-state index in [1.165, 1.54) is 6.20 Å². The van der Waals surface area contributed by atoms with Gasteiger partial charge in [0, 0.05) is 41.8 Å². The summed E-state index contributed by atoms with van der Waals surface area (Å²) in [5, 5.41) is 8.14. The van der Waals surface area contributed by atoms with Crippen molar-refractivity contribution in [1.82, 2.24) is 19.7 Å². The Balaban J connectivity index is 1.27. The van der Waals surface area contributed by atoms with Crippen LogP contribution in [-0.2, 0) is 23.0 Å². The minimum absolute atomic E-state index is 0.249. The van der Waals surface area contributed by atoms with Crippen LogP contribution in [0.25, 0.3) is 22.3 Å². The van der Waals surface area contributed by atoms with E-state index >= 15 is 0 Å². The largest absolute Gasteiger partial charge is 0.452 e. The van der Waals surface area contributed by atoms with E-state index in [0.717, 1.165) is 45.0 Å². The molecule has 3 aromatic heterocycles. The van der Waals surface area contributed by atoms with Crippen LogP contribution in [0.3, 0.4) is 0 Å². The van der Waals surface area contributed by atoms with Crippen molar-refractivity contribution in [3.8, 4) is 11.3 Å². The van der Waals surface area contributed by atoms with E-state index in [0.29, 0.717) is 17.8 Å². The van der Waals surface area contributed by atoms with Crippen LogP contribution in [0.2, 0.25) is 0 Å². The summed E-state index contributed by atoms with van der Waals surface area (Å²) in [7, 11) is 1.80. The molecule has 0 atom stereocenters. The molecule has 1 aliphatic heterocycles. The van der Waals surface area contributed by atoms with Gasteiger partial charge >= 0.3 is 5.97 Å². The minimum atomic E-state index is -0.579. The van der Waals surface area contributed by atoms with Crippen LogP contribution in [0.15, 0.2) is 35.8 Å². The third-order valence-electron chi connectivity index (χ3n) is 5.62. The Labute approximate surface area is 188 Å². The van der Waals surface area contributed by atoms with Crippen LogP contribution in [-0.4, -0.2) is 44.8 Å². The number of ether oxygens (including phenoxy) is 1. The van der Waals surface area contributed by atoms with Crippen molar-refractivity contribution in [2.24, 2.45) is 7.05 Å². The summed E-state index contributed by atoms with van der Waals surface area (Å²) >= 11 is 1.61. The predicted octanol–water partition coefficient (Wildman–Crippen LogP) is 3.45. The maximum atomic E-state index is 12.8. The summed E-state index contributed by atoms with van der Waals surface area (Å²) in [6.45, 7) is 4.08. The lowest BCUT2D eigenvalue weighted by molar-refractivity contribution is -0.121. The van der Waals surface area contributed by atoms with Gasteiger partial charge in [-0.1, -0.05) is 6.07 Å². The van der Waals surface area contributed by atoms with Crippen molar-refractivity contribution in [3.63, 3.8) is 0 Å². The van der Waals surface area contributed by atoms with E-state index in [1.807, 2.05) is 31.4 Å². The number of benzene rings is 1. The highest BCUT2D eigenvalue weighted by molar-refractivity contribution is 7.09. The van der Waals surface area contributed by atoms with E-state index in [1.54, 1.807) is 34.0 Å². The molecule has 32 heavy (non-hydrogen) atoms. The molecule has 8 nitrogen and oxygen atoms in total. The number of fused-ring (bicyclic) bond motifs is 2. The summed E-state index contributed by atoms with van der Waals surface area (Å²) in [5.41, 5.74) is 5.71. The fourth-order valence-corrected chi connectivity index (χ4v) is 4.65. The van der Waals surface area contributed by atoms with Gasteiger partial charge in [-0.15, -0.1) is 11.3 Å². The monoisotopic (exact) mass is 447 g/mol. The third-order valence-corrected chi connectivity index (χ3v) is 6.39. The van der Waals surface area contributed by atoms with Gasteiger partial charge in [0.05, 0.1) is 22.0 Å². The number of carbonyl (C=O) groups is 2. The smallest absolute Gasteiger partial charge is 0.340 e. The maximum Gasteiger partial charge on any atom is 0.340 e. The molecular formula is C23H21N5O3S. The zero-order chi connectivity index (χ0) is 22.4. The number of hydrogen-bond acceptors (Lipinski definition) is 7. The second-order valence-corrected chi connectivity index (χ2v) is 8.83. The number of hydrogen-bond donors (Lipinski definition) is 0. The highest BCUT2D eigenvalue weighted by Crippen LogP contribution is 2.32. The first-order valence-electron chi connectivity index (χ1n) is 10.2. The van der Waals surface area contributed by atoms with E-state index in [-0.39, 0.29) is 12.5 Å². The molecule has 4 aromatic rings. The number of carbonyl (C=O) groups excluding carboxylic acids is 2. The van der Waals surface area contributed by atoms with Gasteiger partial charge < -0.3 is 9.64 Å². The normalized spacial score (nSPS) is 12.9. The molecule has 5 rings (SSSR count).